The zero-order valence-corrected chi connectivity index (χ0v) is 17.4. The smallest absolute Gasteiger partial charge is 0.280 e. The number of benzene rings is 2. The normalized spacial score (nSPS) is 11.4. The van der Waals surface area contributed by atoms with Gasteiger partial charge in [-0.15, -0.1) is 0 Å². The van der Waals surface area contributed by atoms with E-state index < -0.39 is 15.6 Å². The summed E-state index contributed by atoms with van der Waals surface area (Å²) in [5.74, 6) is 0.488. The zero-order valence-electron chi connectivity index (χ0n) is 16.6. The Bertz CT molecular complexity index is 1440. The van der Waals surface area contributed by atoms with Crippen LogP contribution in [0, 0.1) is 6.92 Å². The molecule has 0 aliphatic carbocycles. The third-order valence-electron chi connectivity index (χ3n) is 4.54. The number of hydrogen-bond acceptors (Lipinski definition) is 6. The minimum absolute atomic E-state index is 0.0719. The highest BCUT2D eigenvalue weighted by Crippen LogP contribution is 2.23. The molecule has 2 heterocycles. The molecule has 4 rings (SSSR count). The summed E-state index contributed by atoms with van der Waals surface area (Å²) in [7, 11) is -4.08. The van der Waals surface area contributed by atoms with E-state index in [1.54, 1.807) is 30.3 Å². The summed E-state index contributed by atoms with van der Waals surface area (Å²) in [6, 6.07) is 14.1. The second-order valence-electron chi connectivity index (χ2n) is 6.81. The average molecular weight is 438 g/mol. The molecule has 0 bridgehead atoms. The van der Waals surface area contributed by atoms with Crippen LogP contribution in [0.25, 0.3) is 22.2 Å². The van der Waals surface area contributed by atoms with Crippen LogP contribution < -0.4 is 15.7 Å². The molecule has 0 aliphatic heterocycles. The molecular formula is C21H18N4O5S. The number of carbonyl (C=O) groups is 1. The van der Waals surface area contributed by atoms with Crippen LogP contribution in [0.2, 0.25) is 0 Å². The lowest BCUT2D eigenvalue weighted by atomic mass is 10.1. The van der Waals surface area contributed by atoms with Gasteiger partial charge in [0, 0.05) is 18.2 Å². The van der Waals surface area contributed by atoms with Crippen molar-refractivity contribution in [3.63, 3.8) is 0 Å². The third kappa shape index (κ3) is 4.05. The van der Waals surface area contributed by atoms with Crippen LogP contribution in [0.15, 0.2) is 75.0 Å². The number of carbonyl (C=O) groups excluding carboxylic acids is 1. The Morgan fingerprint density at radius 3 is 2.48 bits per heavy atom. The number of hydrogen-bond donors (Lipinski definition) is 2. The number of amides is 1. The van der Waals surface area contributed by atoms with Crippen molar-refractivity contribution in [3.05, 3.63) is 77.0 Å². The van der Waals surface area contributed by atoms with Gasteiger partial charge in [0.05, 0.1) is 22.1 Å². The summed E-state index contributed by atoms with van der Waals surface area (Å²) in [6.07, 6.45) is 1.52. The van der Waals surface area contributed by atoms with Gasteiger partial charge >= 0.3 is 0 Å². The van der Waals surface area contributed by atoms with E-state index in [0.29, 0.717) is 22.5 Å². The van der Waals surface area contributed by atoms with E-state index in [1.807, 2.05) is 0 Å². The summed E-state index contributed by atoms with van der Waals surface area (Å²) >= 11 is 0. The second-order valence-corrected chi connectivity index (χ2v) is 8.47. The molecule has 158 valence electrons. The fourth-order valence-corrected chi connectivity index (χ4v) is 4.15. The van der Waals surface area contributed by atoms with Crippen LogP contribution in [-0.2, 0) is 14.8 Å². The summed E-state index contributed by atoms with van der Waals surface area (Å²) < 4.78 is 31.9. The van der Waals surface area contributed by atoms with Crippen molar-refractivity contribution in [2.45, 2.75) is 18.7 Å². The van der Waals surface area contributed by atoms with Crippen molar-refractivity contribution in [2.24, 2.45) is 0 Å². The fourth-order valence-electron chi connectivity index (χ4n) is 3.09. The molecule has 0 aliphatic rings. The number of rotatable bonds is 5. The molecule has 2 N–H and O–H groups in total. The Kier molecular flexibility index (Phi) is 5.07. The van der Waals surface area contributed by atoms with E-state index in [-0.39, 0.29) is 22.0 Å². The second kappa shape index (κ2) is 7.73. The molecule has 0 saturated heterocycles. The first kappa shape index (κ1) is 20.4. The van der Waals surface area contributed by atoms with E-state index in [0.717, 1.165) is 4.68 Å². The van der Waals surface area contributed by atoms with Crippen molar-refractivity contribution < 1.29 is 17.6 Å². The largest absolute Gasteiger partial charge is 0.464 e. The quantitative estimate of drug-likeness (QED) is 0.494. The van der Waals surface area contributed by atoms with Gasteiger partial charge in [-0.3, -0.25) is 9.59 Å². The Morgan fingerprint density at radius 1 is 1.10 bits per heavy atom. The molecule has 2 aromatic heterocycles. The topological polar surface area (TPSA) is 123 Å². The Labute approximate surface area is 177 Å². The van der Waals surface area contributed by atoms with E-state index in [1.165, 1.54) is 44.4 Å². The van der Waals surface area contributed by atoms with E-state index in [2.05, 4.69) is 15.1 Å². The molecule has 0 unspecified atom stereocenters. The minimum Gasteiger partial charge on any atom is -0.464 e. The summed E-state index contributed by atoms with van der Waals surface area (Å²) in [5.41, 5.74) is 1.00. The number of fused-ring (bicyclic) bond motifs is 1. The first-order valence-electron chi connectivity index (χ1n) is 9.22. The van der Waals surface area contributed by atoms with Gasteiger partial charge in [0.1, 0.15) is 11.6 Å². The molecular weight excluding hydrogens is 420 g/mol. The molecule has 0 saturated carbocycles. The number of aryl methyl sites for hydroxylation is 1. The summed E-state index contributed by atoms with van der Waals surface area (Å²) in [4.78, 5) is 30.7. The molecule has 2 aromatic carbocycles. The van der Waals surface area contributed by atoms with Gasteiger partial charge in [-0.25, -0.2) is 9.82 Å². The van der Waals surface area contributed by atoms with Gasteiger partial charge in [-0.1, -0.05) is 0 Å². The number of nitrogens with zero attached hydrogens (tertiary/aromatic N) is 2. The molecule has 0 spiro atoms. The summed E-state index contributed by atoms with van der Waals surface area (Å²) in [6.45, 7) is 2.88. The summed E-state index contributed by atoms with van der Waals surface area (Å²) in [5, 5.41) is 2.80. The van der Waals surface area contributed by atoms with Crippen molar-refractivity contribution in [1.29, 1.82) is 0 Å². The van der Waals surface area contributed by atoms with E-state index in [9.17, 15) is 18.0 Å². The monoisotopic (exact) mass is 438 g/mol. The Morgan fingerprint density at radius 2 is 1.84 bits per heavy atom. The predicted octanol–water partition coefficient (Wildman–Crippen LogP) is 2.86. The SMILES string of the molecule is CC(=O)Nc1ccc(S(=O)(=O)Nn2c(C)nc3ccc(-c4ccco4)cc3c2=O)cc1. The van der Waals surface area contributed by atoms with Crippen molar-refractivity contribution >= 4 is 32.5 Å². The Balaban J connectivity index is 1.73. The highest BCUT2D eigenvalue weighted by Gasteiger charge is 2.18. The molecule has 0 radical (unpaired) electrons. The van der Waals surface area contributed by atoms with Crippen LogP contribution in [0.1, 0.15) is 12.7 Å². The maximum atomic E-state index is 13.1. The van der Waals surface area contributed by atoms with Crippen LogP contribution >= 0.6 is 0 Å². The first-order valence-corrected chi connectivity index (χ1v) is 10.7. The van der Waals surface area contributed by atoms with Crippen LogP contribution in [-0.4, -0.2) is 24.0 Å². The molecule has 10 heteroatoms. The maximum Gasteiger partial charge on any atom is 0.280 e. The van der Waals surface area contributed by atoms with Crippen molar-refractivity contribution in [2.75, 3.05) is 10.1 Å². The lowest BCUT2D eigenvalue weighted by Gasteiger charge is -2.14. The third-order valence-corrected chi connectivity index (χ3v) is 5.85. The molecule has 4 aromatic rings. The van der Waals surface area contributed by atoms with Crippen LogP contribution in [0.5, 0.6) is 0 Å². The molecule has 31 heavy (non-hydrogen) atoms. The molecule has 0 atom stereocenters. The number of nitrogens with one attached hydrogen (secondary N) is 2. The predicted molar refractivity (Wildman–Crippen MR) is 116 cm³/mol. The van der Waals surface area contributed by atoms with Crippen LogP contribution in [0.3, 0.4) is 0 Å². The van der Waals surface area contributed by atoms with Crippen LogP contribution in [0.4, 0.5) is 5.69 Å². The van der Waals surface area contributed by atoms with E-state index in [4.69, 9.17) is 4.42 Å². The molecule has 0 fully saturated rings. The number of anilines is 1. The van der Waals surface area contributed by atoms with Gasteiger partial charge in [0.25, 0.3) is 15.6 Å². The van der Waals surface area contributed by atoms with Gasteiger partial charge in [0.2, 0.25) is 5.91 Å². The highest BCUT2D eigenvalue weighted by molar-refractivity contribution is 7.92. The standard InChI is InChI=1S/C21H18N4O5S/c1-13-22-19-10-5-15(20-4-3-11-30-20)12-18(19)21(27)25(13)24-31(28,29)17-8-6-16(7-9-17)23-14(2)26/h3-12,24H,1-2H3,(H,23,26). The van der Waals surface area contributed by atoms with Crippen molar-refractivity contribution in [3.8, 4) is 11.3 Å². The van der Waals surface area contributed by atoms with Gasteiger partial charge in [-0.2, -0.15) is 13.1 Å². The van der Waals surface area contributed by atoms with Gasteiger partial charge in [-0.05, 0) is 61.5 Å². The zero-order chi connectivity index (χ0) is 22.2. The number of sulfonamides is 1. The first-order chi connectivity index (χ1) is 14.7. The lowest BCUT2D eigenvalue weighted by Crippen LogP contribution is -2.35. The van der Waals surface area contributed by atoms with Crippen molar-refractivity contribution in [1.82, 2.24) is 9.66 Å². The van der Waals surface area contributed by atoms with Gasteiger partial charge in [0.15, 0.2) is 0 Å². The highest BCUT2D eigenvalue weighted by atomic mass is 32.2. The molecule has 1 amide bonds. The number of aromatic nitrogens is 2. The lowest BCUT2D eigenvalue weighted by molar-refractivity contribution is -0.114. The van der Waals surface area contributed by atoms with E-state index >= 15 is 0 Å². The fraction of sp³-hybridized carbons (Fsp3) is 0.0952. The number of furan rings is 1. The minimum atomic E-state index is -4.08. The Hall–Kier alpha value is -3.92. The van der Waals surface area contributed by atoms with Gasteiger partial charge < -0.3 is 9.73 Å². The average Bonchev–Trinajstić information content (AvgIpc) is 3.26. The maximum absolute atomic E-state index is 13.1. The molecule has 9 nitrogen and oxygen atoms in total.